The van der Waals surface area contributed by atoms with Crippen LogP contribution in [0.5, 0.6) is 5.75 Å². The molecule has 1 unspecified atom stereocenters. The topological polar surface area (TPSA) is 58.6 Å². The highest BCUT2D eigenvalue weighted by Gasteiger charge is 2.28. The van der Waals surface area contributed by atoms with Crippen molar-refractivity contribution in [2.75, 3.05) is 13.2 Å². The third kappa shape index (κ3) is 6.08. The van der Waals surface area contributed by atoms with E-state index in [-0.39, 0.29) is 18.4 Å². The maximum atomic E-state index is 13.1. The van der Waals surface area contributed by atoms with Crippen LogP contribution < -0.4 is 10.1 Å². The van der Waals surface area contributed by atoms with Crippen LogP contribution in [0.15, 0.2) is 42.5 Å². The number of nitrogens with one attached hydrogen (secondary N) is 1. The lowest BCUT2D eigenvalue weighted by Gasteiger charge is -2.30. The summed E-state index contributed by atoms with van der Waals surface area (Å²) < 4.78 is 5.89. The molecule has 1 atom stereocenters. The molecule has 0 saturated heterocycles. The number of aryl methyl sites for hydroxylation is 2. The number of hydrogen-bond donors (Lipinski definition) is 1. The number of amides is 2. The average molecular weight is 397 g/mol. The minimum Gasteiger partial charge on any atom is -0.483 e. The first-order valence-electron chi connectivity index (χ1n) is 10.2. The van der Waals surface area contributed by atoms with Crippen molar-refractivity contribution in [1.82, 2.24) is 10.2 Å². The summed E-state index contributed by atoms with van der Waals surface area (Å²) in [6.07, 6.45) is 0.535. The number of carbonyl (C=O) groups excluding carboxylic acids is 2. The zero-order chi connectivity index (χ0) is 21.4. The summed E-state index contributed by atoms with van der Waals surface area (Å²) in [4.78, 5) is 27.3. The highest BCUT2D eigenvalue weighted by Crippen LogP contribution is 2.23. The highest BCUT2D eigenvalue weighted by molar-refractivity contribution is 5.88. The molecule has 0 spiro atoms. The highest BCUT2D eigenvalue weighted by atomic mass is 16.5. The quantitative estimate of drug-likeness (QED) is 0.699. The molecule has 1 N–H and O–H groups in total. The Morgan fingerprint density at radius 2 is 1.76 bits per heavy atom. The van der Waals surface area contributed by atoms with Gasteiger partial charge in [-0.3, -0.25) is 9.59 Å². The lowest BCUT2D eigenvalue weighted by Crippen LogP contribution is -2.50. The second kappa shape index (κ2) is 10.6. The minimum absolute atomic E-state index is 0.105. The van der Waals surface area contributed by atoms with Gasteiger partial charge < -0.3 is 15.0 Å². The van der Waals surface area contributed by atoms with Crippen LogP contribution in [0.2, 0.25) is 0 Å². The summed E-state index contributed by atoms with van der Waals surface area (Å²) >= 11 is 0. The van der Waals surface area contributed by atoms with Crippen molar-refractivity contribution in [1.29, 1.82) is 0 Å². The second-order valence-corrected chi connectivity index (χ2v) is 7.32. The molecule has 5 heteroatoms. The smallest absolute Gasteiger partial charge is 0.261 e. The Morgan fingerprint density at radius 3 is 2.38 bits per heavy atom. The van der Waals surface area contributed by atoms with Gasteiger partial charge in [0, 0.05) is 13.1 Å². The van der Waals surface area contributed by atoms with Gasteiger partial charge in [-0.15, -0.1) is 0 Å². The Balaban J connectivity index is 2.22. The van der Waals surface area contributed by atoms with E-state index in [2.05, 4.69) is 11.4 Å². The van der Waals surface area contributed by atoms with Crippen molar-refractivity contribution in [3.8, 4) is 5.75 Å². The number of ether oxygens (including phenoxy) is 1. The van der Waals surface area contributed by atoms with Gasteiger partial charge in [0.1, 0.15) is 11.8 Å². The van der Waals surface area contributed by atoms with Crippen LogP contribution in [0.4, 0.5) is 0 Å². The molecule has 2 aromatic rings. The van der Waals surface area contributed by atoms with Crippen molar-refractivity contribution in [2.45, 2.75) is 53.6 Å². The van der Waals surface area contributed by atoms with Crippen LogP contribution in [0.25, 0.3) is 0 Å². The number of carbonyl (C=O) groups is 2. The molecule has 156 valence electrons. The van der Waals surface area contributed by atoms with E-state index in [0.717, 1.165) is 22.3 Å². The maximum Gasteiger partial charge on any atom is 0.261 e. The summed E-state index contributed by atoms with van der Waals surface area (Å²) in [7, 11) is 0. The second-order valence-electron chi connectivity index (χ2n) is 7.32. The fourth-order valence-electron chi connectivity index (χ4n) is 3.36. The van der Waals surface area contributed by atoms with Crippen LogP contribution in [0.1, 0.15) is 42.5 Å². The van der Waals surface area contributed by atoms with Crippen LogP contribution >= 0.6 is 0 Å². The SMILES string of the molecule is CCNC(=O)C(CC)N(Cc1ccccc1)C(=O)COc1cc(C)cc(C)c1C. The molecule has 2 amide bonds. The molecule has 0 radical (unpaired) electrons. The molecule has 0 aliphatic rings. The van der Waals surface area contributed by atoms with E-state index in [9.17, 15) is 9.59 Å². The molecule has 0 bridgehead atoms. The summed E-state index contributed by atoms with van der Waals surface area (Å²) in [6, 6.07) is 13.2. The number of nitrogens with zero attached hydrogens (tertiary/aromatic N) is 1. The van der Waals surface area contributed by atoms with E-state index in [1.54, 1.807) is 4.90 Å². The van der Waals surface area contributed by atoms with E-state index in [1.807, 2.05) is 71.0 Å². The monoisotopic (exact) mass is 396 g/mol. The standard InChI is InChI=1S/C24H32N2O3/c1-6-21(24(28)25-7-2)26(15-20-11-9-8-10-12-20)23(27)16-29-22-14-17(3)13-18(4)19(22)5/h8-14,21H,6-7,15-16H2,1-5H3,(H,25,28). The number of likely N-dealkylation sites (N-methyl/N-ethyl adjacent to an activating group) is 1. The summed E-state index contributed by atoms with van der Waals surface area (Å²) in [5, 5.41) is 2.84. The third-order valence-corrected chi connectivity index (χ3v) is 5.05. The summed E-state index contributed by atoms with van der Waals surface area (Å²) in [5.41, 5.74) is 4.22. The predicted molar refractivity (Wildman–Crippen MR) is 116 cm³/mol. The van der Waals surface area contributed by atoms with Crippen LogP contribution in [0.3, 0.4) is 0 Å². The normalized spacial score (nSPS) is 11.6. The molecule has 0 aliphatic heterocycles. The van der Waals surface area contributed by atoms with Gasteiger partial charge in [-0.05, 0) is 62.4 Å². The van der Waals surface area contributed by atoms with Gasteiger partial charge in [0.05, 0.1) is 0 Å². The first-order valence-corrected chi connectivity index (χ1v) is 10.2. The number of hydrogen-bond acceptors (Lipinski definition) is 3. The molecular weight excluding hydrogens is 364 g/mol. The first-order chi connectivity index (χ1) is 13.9. The van der Waals surface area contributed by atoms with Crippen molar-refractivity contribution in [3.05, 3.63) is 64.7 Å². The third-order valence-electron chi connectivity index (χ3n) is 5.05. The molecule has 0 aromatic heterocycles. The fourth-order valence-corrected chi connectivity index (χ4v) is 3.36. The summed E-state index contributed by atoms with van der Waals surface area (Å²) in [5.74, 6) is 0.369. The largest absolute Gasteiger partial charge is 0.483 e. The Bertz CT molecular complexity index is 834. The van der Waals surface area contributed by atoms with Gasteiger partial charge in [0.25, 0.3) is 5.91 Å². The molecule has 0 aliphatic carbocycles. The van der Waals surface area contributed by atoms with E-state index in [4.69, 9.17) is 4.74 Å². The van der Waals surface area contributed by atoms with E-state index >= 15 is 0 Å². The number of rotatable bonds is 9. The van der Waals surface area contributed by atoms with Crippen LogP contribution in [0, 0.1) is 20.8 Å². The van der Waals surface area contributed by atoms with Crippen molar-refractivity contribution in [2.24, 2.45) is 0 Å². The van der Waals surface area contributed by atoms with Gasteiger partial charge >= 0.3 is 0 Å². The number of benzene rings is 2. The average Bonchev–Trinajstić information content (AvgIpc) is 2.70. The van der Waals surface area contributed by atoms with Gasteiger partial charge in [0.15, 0.2) is 6.61 Å². The zero-order valence-electron chi connectivity index (χ0n) is 18.1. The molecule has 5 nitrogen and oxygen atoms in total. The molecular formula is C24H32N2O3. The van der Waals surface area contributed by atoms with Crippen LogP contribution in [-0.2, 0) is 16.1 Å². The first kappa shape index (κ1) is 22.5. The minimum atomic E-state index is -0.536. The van der Waals surface area contributed by atoms with Crippen LogP contribution in [-0.4, -0.2) is 35.9 Å². The maximum absolute atomic E-state index is 13.1. The Labute approximate surface area is 174 Å². The lowest BCUT2D eigenvalue weighted by atomic mass is 10.1. The summed E-state index contributed by atoms with van der Waals surface area (Å²) in [6.45, 7) is 10.6. The van der Waals surface area contributed by atoms with E-state index in [0.29, 0.717) is 25.3 Å². The van der Waals surface area contributed by atoms with Gasteiger partial charge in [-0.2, -0.15) is 0 Å². The van der Waals surface area contributed by atoms with Crippen molar-refractivity contribution in [3.63, 3.8) is 0 Å². The molecule has 0 saturated carbocycles. The van der Waals surface area contributed by atoms with Gasteiger partial charge in [-0.1, -0.05) is 43.3 Å². The van der Waals surface area contributed by atoms with Gasteiger partial charge in [-0.25, -0.2) is 0 Å². The molecule has 2 rings (SSSR count). The zero-order valence-corrected chi connectivity index (χ0v) is 18.1. The molecule has 29 heavy (non-hydrogen) atoms. The van der Waals surface area contributed by atoms with E-state index in [1.165, 1.54) is 0 Å². The van der Waals surface area contributed by atoms with E-state index < -0.39 is 6.04 Å². The lowest BCUT2D eigenvalue weighted by molar-refractivity contribution is -0.142. The predicted octanol–water partition coefficient (Wildman–Crippen LogP) is 3.93. The Kier molecular flexibility index (Phi) is 8.25. The molecule has 0 heterocycles. The Morgan fingerprint density at radius 1 is 1.07 bits per heavy atom. The van der Waals surface area contributed by atoms with Crippen molar-refractivity contribution >= 4 is 11.8 Å². The molecule has 0 fully saturated rings. The van der Waals surface area contributed by atoms with Crippen molar-refractivity contribution < 1.29 is 14.3 Å². The fraction of sp³-hybridized carbons (Fsp3) is 0.417. The Hall–Kier alpha value is -2.82. The molecule has 2 aromatic carbocycles. The van der Waals surface area contributed by atoms with Gasteiger partial charge in [0.2, 0.25) is 5.91 Å².